The van der Waals surface area contributed by atoms with E-state index in [9.17, 15) is 4.79 Å². The van der Waals surface area contributed by atoms with Crippen LogP contribution >= 0.6 is 0 Å². The van der Waals surface area contributed by atoms with Crippen molar-refractivity contribution in [1.29, 1.82) is 0 Å². The van der Waals surface area contributed by atoms with Crippen molar-refractivity contribution in [2.45, 2.75) is 38.5 Å². The van der Waals surface area contributed by atoms with Crippen molar-refractivity contribution in [3.63, 3.8) is 0 Å². The molecule has 3 heteroatoms. The molecule has 1 amide bonds. The Morgan fingerprint density at radius 2 is 2.00 bits per heavy atom. The Kier molecular flexibility index (Phi) is 4.22. The number of hydrogen-bond acceptors (Lipinski definition) is 2. The third kappa shape index (κ3) is 2.97. The lowest BCUT2D eigenvalue weighted by atomic mass is 9.84. The van der Waals surface area contributed by atoms with Crippen LogP contribution in [0.2, 0.25) is 0 Å². The van der Waals surface area contributed by atoms with Gasteiger partial charge in [-0.15, -0.1) is 0 Å². The van der Waals surface area contributed by atoms with Crippen LogP contribution in [0.4, 0.5) is 0 Å². The summed E-state index contributed by atoms with van der Waals surface area (Å²) < 4.78 is 0. The fourth-order valence-corrected chi connectivity index (χ4v) is 2.37. The number of amides is 1. The number of likely N-dealkylation sites (tertiary alicyclic amines) is 1. The quantitative estimate of drug-likeness (QED) is 0.642. The Bertz CT molecular complexity index is 234. The second-order valence-corrected chi connectivity index (χ2v) is 5.29. The molecule has 0 aromatic heterocycles. The highest BCUT2D eigenvalue weighted by Gasteiger charge is 2.27. The molecule has 0 aromatic rings. The maximum absolute atomic E-state index is 11.8. The van der Waals surface area contributed by atoms with Crippen LogP contribution in [0.5, 0.6) is 0 Å². The number of carbonyl (C=O) groups excluding carboxylic acids is 1. The molecule has 2 fully saturated rings. The molecule has 0 N–H and O–H groups in total. The average Bonchev–Trinajstić information content (AvgIpc) is 2.11. The molecule has 1 aliphatic carbocycles. The van der Waals surface area contributed by atoms with Gasteiger partial charge in [-0.3, -0.25) is 4.79 Å². The van der Waals surface area contributed by atoms with Crippen LogP contribution in [0.25, 0.3) is 0 Å². The molecule has 0 unspecified atom stereocenters. The highest BCUT2D eigenvalue weighted by Crippen LogP contribution is 2.27. The summed E-state index contributed by atoms with van der Waals surface area (Å²) in [5.41, 5.74) is 0. The van der Waals surface area contributed by atoms with E-state index < -0.39 is 0 Å². The fourth-order valence-electron chi connectivity index (χ4n) is 2.37. The zero-order valence-electron chi connectivity index (χ0n) is 10.5. The van der Waals surface area contributed by atoms with Crippen LogP contribution in [0.3, 0.4) is 0 Å². The molecule has 92 valence electrons. The SMILES string of the molecule is CN(CCCCN1CCC1)C(=O)C1CCC1. The minimum Gasteiger partial charge on any atom is -0.346 e. The van der Waals surface area contributed by atoms with Gasteiger partial charge in [-0.05, 0) is 51.7 Å². The van der Waals surface area contributed by atoms with E-state index >= 15 is 0 Å². The molecule has 1 saturated carbocycles. The van der Waals surface area contributed by atoms with Crippen LogP contribution in [0.1, 0.15) is 38.5 Å². The van der Waals surface area contributed by atoms with E-state index in [0.29, 0.717) is 11.8 Å². The average molecular weight is 224 g/mol. The van der Waals surface area contributed by atoms with Gasteiger partial charge < -0.3 is 9.80 Å². The smallest absolute Gasteiger partial charge is 0.225 e. The van der Waals surface area contributed by atoms with Gasteiger partial charge in [0.2, 0.25) is 5.91 Å². The fraction of sp³-hybridized carbons (Fsp3) is 0.923. The van der Waals surface area contributed by atoms with Gasteiger partial charge in [0.15, 0.2) is 0 Å². The van der Waals surface area contributed by atoms with Gasteiger partial charge in [-0.25, -0.2) is 0 Å². The zero-order chi connectivity index (χ0) is 11.4. The summed E-state index contributed by atoms with van der Waals surface area (Å²) in [7, 11) is 1.96. The van der Waals surface area contributed by atoms with Gasteiger partial charge in [-0.1, -0.05) is 6.42 Å². The second-order valence-electron chi connectivity index (χ2n) is 5.29. The Morgan fingerprint density at radius 1 is 1.25 bits per heavy atom. The van der Waals surface area contributed by atoms with E-state index in [2.05, 4.69) is 4.90 Å². The highest BCUT2D eigenvalue weighted by atomic mass is 16.2. The van der Waals surface area contributed by atoms with Gasteiger partial charge in [0.1, 0.15) is 0 Å². The van der Waals surface area contributed by atoms with E-state index in [-0.39, 0.29) is 0 Å². The molecule has 16 heavy (non-hydrogen) atoms. The van der Waals surface area contributed by atoms with Gasteiger partial charge in [0, 0.05) is 19.5 Å². The van der Waals surface area contributed by atoms with Crippen molar-refractivity contribution >= 4 is 5.91 Å². The van der Waals surface area contributed by atoms with Crippen molar-refractivity contribution in [3.05, 3.63) is 0 Å². The molecular weight excluding hydrogens is 200 g/mol. The van der Waals surface area contributed by atoms with Crippen LogP contribution in [0, 0.1) is 5.92 Å². The largest absolute Gasteiger partial charge is 0.346 e. The first kappa shape index (κ1) is 11.9. The molecule has 0 bridgehead atoms. The van der Waals surface area contributed by atoms with Gasteiger partial charge in [0.25, 0.3) is 0 Å². The maximum Gasteiger partial charge on any atom is 0.225 e. The highest BCUT2D eigenvalue weighted by molar-refractivity contribution is 5.79. The molecule has 1 saturated heterocycles. The molecule has 0 radical (unpaired) electrons. The molecule has 2 aliphatic rings. The maximum atomic E-state index is 11.8. The minimum absolute atomic E-state index is 0.361. The molecular formula is C13H24N2O. The monoisotopic (exact) mass is 224 g/mol. The van der Waals surface area contributed by atoms with Crippen LogP contribution in [0.15, 0.2) is 0 Å². The van der Waals surface area contributed by atoms with Crippen LogP contribution in [-0.4, -0.2) is 48.9 Å². The normalized spacial score (nSPS) is 21.3. The van der Waals surface area contributed by atoms with Crippen LogP contribution < -0.4 is 0 Å². The third-order valence-electron chi connectivity index (χ3n) is 4.00. The summed E-state index contributed by atoms with van der Waals surface area (Å²) in [5, 5.41) is 0. The van der Waals surface area contributed by atoms with E-state index in [4.69, 9.17) is 0 Å². The lowest BCUT2D eigenvalue weighted by molar-refractivity contribution is -0.136. The molecule has 0 spiro atoms. The Labute approximate surface area is 98.8 Å². The summed E-state index contributed by atoms with van der Waals surface area (Å²) in [6, 6.07) is 0. The summed E-state index contributed by atoms with van der Waals surface area (Å²) in [5.74, 6) is 0.746. The lowest BCUT2D eigenvalue weighted by Gasteiger charge is -2.31. The van der Waals surface area contributed by atoms with E-state index in [0.717, 1.165) is 25.8 Å². The summed E-state index contributed by atoms with van der Waals surface area (Å²) >= 11 is 0. The van der Waals surface area contributed by atoms with Crippen molar-refractivity contribution in [3.8, 4) is 0 Å². The third-order valence-corrected chi connectivity index (χ3v) is 4.00. The van der Waals surface area contributed by atoms with Crippen molar-refractivity contribution in [2.75, 3.05) is 33.2 Å². The van der Waals surface area contributed by atoms with Crippen LogP contribution in [-0.2, 0) is 4.79 Å². The zero-order valence-corrected chi connectivity index (χ0v) is 10.5. The van der Waals surface area contributed by atoms with Gasteiger partial charge >= 0.3 is 0 Å². The predicted molar refractivity (Wildman–Crippen MR) is 65.3 cm³/mol. The van der Waals surface area contributed by atoms with Crippen molar-refractivity contribution in [1.82, 2.24) is 9.80 Å². The van der Waals surface area contributed by atoms with Gasteiger partial charge in [0.05, 0.1) is 0 Å². The topological polar surface area (TPSA) is 23.6 Å². The number of rotatable bonds is 6. The Morgan fingerprint density at radius 3 is 2.50 bits per heavy atom. The first-order chi connectivity index (χ1) is 7.77. The predicted octanol–water partition coefficient (Wildman–Crippen LogP) is 1.73. The number of unbranched alkanes of at least 4 members (excludes halogenated alkanes) is 1. The molecule has 2 rings (SSSR count). The standard InChI is InChI=1S/C13H24N2O/c1-14(13(16)12-6-4-7-12)8-2-3-9-15-10-5-11-15/h12H,2-11H2,1H3. The van der Waals surface area contributed by atoms with E-state index in [1.807, 2.05) is 11.9 Å². The Hall–Kier alpha value is -0.570. The number of nitrogens with zero attached hydrogens (tertiary/aromatic N) is 2. The first-order valence-corrected chi connectivity index (χ1v) is 6.75. The molecule has 1 heterocycles. The second kappa shape index (κ2) is 5.67. The molecule has 0 aromatic carbocycles. The summed E-state index contributed by atoms with van der Waals surface area (Å²) in [4.78, 5) is 16.3. The lowest BCUT2D eigenvalue weighted by Crippen LogP contribution is -2.39. The number of hydrogen-bond donors (Lipinski definition) is 0. The molecule has 1 aliphatic heterocycles. The Balaban J connectivity index is 1.52. The molecule has 3 nitrogen and oxygen atoms in total. The number of carbonyl (C=O) groups is 1. The van der Waals surface area contributed by atoms with Gasteiger partial charge in [-0.2, -0.15) is 0 Å². The first-order valence-electron chi connectivity index (χ1n) is 6.75. The minimum atomic E-state index is 0.361. The summed E-state index contributed by atoms with van der Waals surface area (Å²) in [6.07, 6.45) is 7.26. The van der Waals surface area contributed by atoms with Crippen molar-refractivity contribution < 1.29 is 4.79 Å². The van der Waals surface area contributed by atoms with E-state index in [1.165, 1.54) is 38.9 Å². The summed E-state index contributed by atoms with van der Waals surface area (Å²) in [6.45, 7) is 4.75. The molecule has 0 atom stereocenters. The van der Waals surface area contributed by atoms with Crippen molar-refractivity contribution in [2.24, 2.45) is 5.92 Å². The van der Waals surface area contributed by atoms with E-state index in [1.54, 1.807) is 0 Å².